The molecule has 6 heteroatoms. The van der Waals surface area contributed by atoms with Gasteiger partial charge in [0.2, 0.25) is 5.91 Å². The molecule has 156 valence electrons. The molecule has 1 fully saturated rings. The second-order valence-electron chi connectivity index (χ2n) is 7.67. The van der Waals surface area contributed by atoms with E-state index in [0.29, 0.717) is 28.3 Å². The molecule has 1 atom stereocenters. The number of amides is 2. The van der Waals surface area contributed by atoms with Crippen LogP contribution in [-0.2, 0) is 4.79 Å². The van der Waals surface area contributed by atoms with E-state index in [9.17, 15) is 9.59 Å². The summed E-state index contributed by atoms with van der Waals surface area (Å²) in [5, 5.41) is 0. The molecule has 30 heavy (non-hydrogen) atoms. The van der Waals surface area contributed by atoms with Crippen LogP contribution < -0.4 is 14.4 Å². The van der Waals surface area contributed by atoms with Crippen molar-refractivity contribution in [1.29, 1.82) is 0 Å². The summed E-state index contributed by atoms with van der Waals surface area (Å²) >= 11 is 0. The Morgan fingerprint density at radius 1 is 0.967 bits per heavy atom. The molecule has 0 aromatic heterocycles. The highest BCUT2D eigenvalue weighted by Crippen LogP contribution is 2.36. The Hall–Kier alpha value is -3.15. The third-order valence-electron chi connectivity index (χ3n) is 5.86. The summed E-state index contributed by atoms with van der Waals surface area (Å²) in [7, 11) is 3.07. The predicted octanol–water partition coefficient (Wildman–Crippen LogP) is 4.38. The molecule has 0 bridgehead atoms. The molecule has 4 rings (SSSR count). The number of ether oxygens (including phenoxy) is 2. The minimum Gasteiger partial charge on any atom is -0.493 e. The first-order chi connectivity index (χ1) is 14.6. The summed E-state index contributed by atoms with van der Waals surface area (Å²) in [6, 6.07) is 12.6. The number of hydrogen-bond acceptors (Lipinski definition) is 5. The van der Waals surface area contributed by atoms with Crippen molar-refractivity contribution >= 4 is 23.7 Å². The van der Waals surface area contributed by atoms with Gasteiger partial charge in [0.15, 0.2) is 11.5 Å². The summed E-state index contributed by atoms with van der Waals surface area (Å²) < 4.78 is 10.6. The zero-order valence-electron chi connectivity index (χ0n) is 17.3. The SMILES string of the molecule is COc1ccc(N2C(=O)c3ccccc3[C@@H](C=NC3CCCCC3)C2=O)cc1OC. The standard InChI is InChI=1S/C24H26N2O4/c1-29-21-13-12-17(14-22(21)30-2)26-23(27)19-11-7-6-10-18(19)20(24(26)28)15-25-16-8-4-3-5-9-16/h6-7,10-16,20H,3-5,8-9H2,1-2H3/t20-/m1/s1. The topological polar surface area (TPSA) is 68.2 Å². The Bertz CT molecular complexity index is 979. The van der Waals surface area contributed by atoms with Crippen molar-refractivity contribution in [2.75, 3.05) is 19.1 Å². The minimum atomic E-state index is -0.589. The summed E-state index contributed by atoms with van der Waals surface area (Å²) in [6.45, 7) is 0. The molecule has 2 aliphatic rings. The van der Waals surface area contributed by atoms with Crippen LogP contribution in [-0.4, -0.2) is 38.3 Å². The fraction of sp³-hybridized carbons (Fsp3) is 0.375. The van der Waals surface area contributed by atoms with E-state index in [4.69, 9.17) is 14.5 Å². The highest BCUT2D eigenvalue weighted by molar-refractivity contribution is 6.29. The van der Waals surface area contributed by atoms with Gasteiger partial charge in [-0.15, -0.1) is 0 Å². The van der Waals surface area contributed by atoms with Crippen LogP contribution in [0.25, 0.3) is 0 Å². The van der Waals surface area contributed by atoms with Gasteiger partial charge in [0, 0.05) is 23.9 Å². The Labute approximate surface area is 176 Å². The Morgan fingerprint density at radius 2 is 1.70 bits per heavy atom. The van der Waals surface area contributed by atoms with Gasteiger partial charge in [-0.3, -0.25) is 14.6 Å². The summed E-state index contributed by atoms with van der Waals surface area (Å²) in [5.74, 6) is -0.236. The van der Waals surface area contributed by atoms with E-state index in [1.54, 1.807) is 37.6 Å². The molecule has 0 radical (unpaired) electrons. The zero-order valence-corrected chi connectivity index (χ0v) is 17.3. The van der Waals surface area contributed by atoms with Gasteiger partial charge in [0.25, 0.3) is 5.91 Å². The zero-order chi connectivity index (χ0) is 21.1. The van der Waals surface area contributed by atoms with Gasteiger partial charge in [-0.2, -0.15) is 0 Å². The fourth-order valence-corrected chi connectivity index (χ4v) is 4.25. The van der Waals surface area contributed by atoms with Crippen LogP contribution in [0.3, 0.4) is 0 Å². The van der Waals surface area contributed by atoms with Crippen molar-refractivity contribution in [1.82, 2.24) is 0 Å². The molecule has 1 aliphatic carbocycles. The van der Waals surface area contributed by atoms with Crippen molar-refractivity contribution in [3.63, 3.8) is 0 Å². The lowest BCUT2D eigenvalue weighted by Gasteiger charge is -2.31. The molecule has 1 heterocycles. The highest BCUT2D eigenvalue weighted by Gasteiger charge is 2.39. The number of anilines is 1. The average Bonchev–Trinajstić information content (AvgIpc) is 2.79. The maximum atomic E-state index is 13.5. The first-order valence-electron chi connectivity index (χ1n) is 10.4. The van der Waals surface area contributed by atoms with Crippen LogP contribution in [0.15, 0.2) is 47.5 Å². The summed E-state index contributed by atoms with van der Waals surface area (Å²) in [6.07, 6.45) is 7.45. The number of carbonyl (C=O) groups is 2. The quantitative estimate of drug-likeness (QED) is 0.546. The van der Waals surface area contributed by atoms with Crippen LogP contribution in [0, 0.1) is 0 Å². The van der Waals surface area contributed by atoms with Gasteiger partial charge in [-0.05, 0) is 36.6 Å². The molecule has 0 saturated heterocycles. The van der Waals surface area contributed by atoms with Crippen molar-refractivity contribution in [3.8, 4) is 11.5 Å². The highest BCUT2D eigenvalue weighted by atomic mass is 16.5. The summed E-state index contributed by atoms with van der Waals surface area (Å²) in [5.41, 5.74) is 1.68. The molecular formula is C24H26N2O4. The monoisotopic (exact) mass is 406 g/mol. The molecule has 1 aliphatic heterocycles. The third kappa shape index (κ3) is 3.70. The predicted molar refractivity (Wildman–Crippen MR) is 116 cm³/mol. The second-order valence-corrected chi connectivity index (χ2v) is 7.67. The number of methoxy groups -OCH3 is 2. The Morgan fingerprint density at radius 3 is 2.43 bits per heavy atom. The first-order valence-corrected chi connectivity index (χ1v) is 10.4. The smallest absolute Gasteiger partial charge is 0.265 e. The molecule has 2 amide bonds. The van der Waals surface area contributed by atoms with E-state index in [1.165, 1.54) is 31.3 Å². The number of benzene rings is 2. The van der Waals surface area contributed by atoms with Gasteiger partial charge in [0.05, 0.1) is 25.8 Å². The summed E-state index contributed by atoms with van der Waals surface area (Å²) in [4.78, 5) is 32.7. The van der Waals surface area contributed by atoms with Gasteiger partial charge in [-0.25, -0.2) is 4.90 Å². The third-order valence-corrected chi connectivity index (χ3v) is 5.86. The minimum absolute atomic E-state index is 0.255. The van der Waals surface area contributed by atoms with Crippen LogP contribution in [0.1, 0.15) is 53.9 Å². The van der Waals surface area contributed by atoms with Crippen molar-refractivity contribution in [2.24, 2.45) is 4.99 Å². The van der Waals surface area contributed by atoms with Crippen molar-refractivity contribution < 1.29 is 19.1 Å². The normalized spacial score (nSPS) is 19.8. The fourth-order valence-electron chi connectivity index (χ4n) is 4.25. The number of nitrogens with zero attached hydrogens (tertiary/aromatic N) is 2. The largest absolute Gasteiger partial charge is 0.493 e. The van der Waals surface area contributed by atoms with Crippen molar-refractivity contribution in [3.05, 3.63) is 53.6 Å². The molecule has 2 aromatic rings. The lowest BCUT2D eigenvalue weighted by atomic mass is 9.88. The van der Waals surface area contributed by atoms with Gasteiger partial charge in [0.1, 0.15) is 0 Å². The van der Waals surface area contributed by atoms with Crippen LogP contribution >= 0.6 is 0 Å². The van der Waals surface area contributed by atoms with Crippen LogP contribution in [0.5, 0.6) is 11.5 Å². The lowest BCUT2D eigenvalue weighted by molar-refractivity contribution is -0.118. The Balaban J connectivity index is 1.73. The number of rotatable bonds is 5. The number of fused-ring (bicyclic) bond motifs is 1. The molecule has 1 saturated carbocycles. The maximum absolute atomic E-state index is 13.5. The molecule has 2 aromatic carbocycles. The number of imide groups is 1. The molecule has 0 N–H and O–H groups in total. The maximum Gasteiger partial charge on any atom is 0.265 e. The van der Waals surface area contributed by atoms with Crippen molar-refractivity contribution in [2.45, 2.75) is 44.1 Å². The first kappa shape index (κ1) is 20.1. The van der Waals surface area contributed by atoms with E-state index >= 15 is 0 Å². The lowest BCUT2D eigenvalue weighted by Crippen LogP contribution is -2.45. The molecule has 0 unspecified atom stereocenters. The van der Waals surface area contributed by atoms with Gasteiger partial charge < -0.3 is 9.47 Å². The Kier molecular flexibility index (Phi) is 5.84. The van der Waals surface area contributed by atoms with E-state index in [2.05, 4.69) is 0 Å². The van der Waals surface area contributed by atoms with Crippen LogP contribution in [0.2, 0.25) is 0 Å². The average molecular weight is 406 g/mol. The van der Waals surface area contributed by atoms with Crippen LogP contribution in [0.4, 0.5) is 5.69 Å². The van der Waals surface area contributed by atoms with E-state index in [0.717, 1.165) is 12.8 Å². The molecule has 6 nitrogen and oxygen atoms in total. The van der Waals surface area contributed by atoms with E-state index in [1.807, 2.05) is 18.2 Å². The number of hydrogen-bond donors (Lipinski definition) is 0. The van der Waals surface area contributed by atoms with Gasteiger partial charge in [-0.1, -0.05) is 37.5 Å². The number of aliphatic imine (C=N–C) groups is 1. The number of carbonyl (C=O) groups excluding carboxylic acids is 2. The van der Waals surface area contributed by atoms with E-state index < -0.39 is 5.92 Å². The van der Waals surface area contributed by atoms with Gasteiger partial charge >= 0.3 is 0 Å². The molecule has 0 spiro atoms. The van der Waals surface area contributed by atoms with E-state index in [-0.39, 0.29) is 17.9 Å². The molecular weight excluding hydrogens is 380 g/mol. The second kappa shape index (κ2) is 8.69.